The summed E-state index contributed by atoms with van der Waals surface area (Å²) in [5.74, 6) is 1.05. The van der Waals surface area contributed by atoms with Gasteiger partial charge in [-0.2, -0.15) is 0 Å². The zero-order chi connectivity index (χ0) is 12.8. The second kappa shape index (κ2) is 4.05. The van der Waals surface area contributed by atoms with E-state index in [0.29, 0.717) is 12.2 Å². The van der Waals surface area contributed by atoms with Gasteiger partial charge in [-0.1, -0.05) is 6.07 Å². The predicted octanol–water partition coefficient (Wildman–Crippen LogP) is 1.16. The van der Waals surface area contributed by atoms with Crippen molar-refractivity contribution in [1.82, 2.24) is 14.6 Å². The van der Waals surface area contributed by atoms with Crippen LogP contribution >= 0.6 is 0 Å². The molecule has 0 N–H and O–H groups in total. The average Bonchev–Trinajstić information content (AvgIpc) is 2.86. The highest BCUT2D eigenvalue weighted by atomic mass is 32.2. The maximum absolute atomic E-state index is 11.8. The van der Waals surface area contributed by atoms with Gasteiger partial charge in [-0.25, -0.2) is 8.42 Å². The van der Waals surface area contributed by atoms with Crippen LogP contribution in [0, 0.1) is 6.92 Å². The minimum absolute atomic E-state index is 0.287. The Morgan fingerprint density at radius 1 is 1.44 bits per heavy atom. The SMILES string of the molecule is Cc1cccn2c(CC3CCCS3(=O)=O)nnc12. The summed E-state index contributed by atoms with van der Waals surface area (Å²) in [7, 11) is -2.92. The maximum Gasteiger partial charge on any atom is 0.163 e. The molecule has 18 heavy (non-hydrogen) atoms. The Labute approximate surface area is 106 Å². The molecular formula is C12H15N3O2S. The van der Waals surface area contributed by atoms with Gasteiger partial charge >= 0.3 is 0 Å². The molecule has 3 heterocycles. The Hall–Kier alpha value is -1.43. The van der Waals surface area contributed by atoms with Crippen LogP contribution in [0.4, 0.5) is 0 Å². The van der Waals surface area contributed by atoms with Crippen LogP contribution in [-0.2, 0) is 16.3 Å². The van der Waals surface area contributed by atoms with Gasteiger partial charge in [-0.05, 0) is 31.4 Å². The highest BCUT2D eigenvalue weighted by Crippen LogP contribution is 2.23. The van der Waals surface area contributed by atoms with Crippen LogP contribution in [0.2, 0.25) is 0 Å². The number of pyridine rings is 1. The van der Waals surface area contributed by atoms with Crippen molar-refractivity contribution in [3.05, 3.63) is 29.7 Å². The molecule has 2 aromatic rings. The van der Waals surface area contributed by atoms with Gasteiger partial charge in [0.05, 0.1) is 11.0 Å². The number of rotatable bonds is 2. The van der Waals surface area contributed by atoms with E-state index < -0.39 is 9.84 Å². The normalized spacial score (nSPS) is 22.6. The van der Waals surface area contributed by atoms with Gasteiger partial charge in [0.25, 0.3) is 0 Å². The van der Waals surface area contributed by atoms with Crippen molar-refractivity contribution in [3.63, 3.8) is 0 Å². The third-order valence-electron chi connectivity index (χ3n) is 3.57. The average molecular weight is 265 g/mol. The van der Waals surface area contributed by atoms with Gasteiger partial charge in [-0.15, -0.1) is 10.2 Å². The summed E-state index contributed by atoms with van der Waals surface area (Å²) in [5, 5.41) is 7.97. The van der Waals surface area contributed by atoms with Gasteiger partial charge in [0.1, 0.15) is 5.82 Å². The number of hydrogen-bond donors (Lipinski definition) is 0. The largest absolute Gasteiger partial charge is 0.286 e. The second-order valence-corrected chi connectivity index (χ2v) is 7.24. The van der Waals surface area contributed by atoms with Crippen molar-refractivity contribution in [2.75, 3.05) is 5.75 Å². The summed E-state index contributed by atoms with van der Waals surface area (Å²) in [4.78, 5) is 0. The van der Waals surface area contributed by atoms with E-state index in [1.54, 1.807) is 0 Å². The molecule has 1 aliphatic heterocycles. The summed E-state index contributed by atoms with van der Waals surface area (Å²) in [6, 6.07) is 3.90. The van der Waals surface area contributed by atoms with Crippen LogP contribution < -0.4 is 0 Å². The molecule has 1 aliphatic rings. The van der Waals surface area contributed by atoms with Crippen LogP contribution in [0.5, 0.6) is 0 Å². The molecule has 0 saturated carbocycles. The van der Waals surface area contributed by atoms with E-state index in [4.69, 9.17) is 0 Å². The molecule has 2 aromatic heterocycles. The standard InChI is InChI=1S/C12H15N3O2S/c1-9-4-2-6-15-11(13-14-12(9)15)8-10-5-3-7-18(10,16)17/h2,4,6,10H,3,5,7-8H2,1H3. The van der Waals surface area contributed by atoms with E-state index in [-0.39, 0.29) is 5.25 Å². The molecule has 96 valence electrons. The van der Waals surface area contributed by atoms with Gasteiger partial charge in [0.15, 0.2) is 15.5 Å². The third kappa shape index (κ3) is 1.80. The third-order valence-corrected chi connectivity index (χ3v) is 5.85. The Balaban J connectivity index is 1.99. The predicted molar refractivity (Wildman–Crippen MR) is 68.2 cm³/mol. The number of aromatic nitrogens is 3. The van der Waals surface area contributed by atoms with Crippen molar-refractivity contribution in [2.24, 2.45) is 0 Å². The lowest BCUT2D eigenvalue weighted by Crippen LogP contribution is -2.19. The molecule has 1 unspecified atom stereocenters. The first-order valence-corrected chi connectivity index (χ1v) is 7.80. The summed E-state index contributed by atoms with van der Waals surface area (Å²) in [6.07, 6.45) is 3.86. The van der Waals surface area contributed by atoms with Gasteiger partial charge in [0.2, 0.25) is 0 Å². The van der Waals surface area contributed by atoms with Crippen LogP contribution in [0.1, 0.15) is 24.2 Å². The topological polar surface area (TPSA) is 64.3 Å². The minimum Gasteiger partial charge on any atom is -0.286 e. The lowest BCUT2D eigenvalue weighted by Gasteiger charge is -2.07. The van der Waals surface area contributed by atoms with E-state index in [1.165, 1.54) is 0 Å². The molecule has 3 rings (SSSR count). The highest BCUT2D eigenvalue weighted by molar-refractivity contribution is 7.92. The fourth-order valence-electron chi connectivity index (χ4n) is 2.53. The molecule has 0 aliphatic carbocycles. The Morgan fingerprint density at radius 3 is 3.00 bits per heavy atom. The van der Waals surface area contributed by atoms with E-state index in [0.717, 1.165) is 29.9 Å². The van der Waals surface area contributed by atoms with Gasteiger partial charge < -0.3 is 0 Å². The molecule has 0 radical (unpaired) electrons. The van der Waals surface area contributed by atoms with Crippen molar-refractivity contribution in [2.45, 2.75) is 31.4 Å². The van der Waals surface area contributed by atoms with E-state index >= 15 is 0 Å². The first-order chi connectivity index (χ1) is 8.58. The molecule has 1 atom stereocenters. The lowest BCUT2D eigenvalue weighted by molar-refractivity contribution is 0.585. The van der Waals surface area contributed by atoms with E-state index in [9.17, 15) is 8.42 Å². The Morgan fingerprint density at radius 2 is 2.28 bits per heavy atom. The molecule has 6 heteroatoms. The fourth-order valence-corrected chi connectivity index (χ4v) is 4.36. The van der Waals surface area contributed by atoms with Crippen LogP contribution in [0.25, 0.3) is 5.65 Å². The first kappa shape index (κ1) is 11.6. The molecule has 0 spiro atoms. The quantitative estimate of drug-likeness (QED) is 0.817. The highest BCUT2D eigenvalue weighted by Gasteiger charge is 2.32. The molecule has 0 bridgehead atoms. The number of sulfone groups is 1. The summed E-state index contributed by atoms with van der Waals surface area (Å²) < 4.78 is 25.6. The van der Waals surface area contributed by atoms with Gasteiger partial charge in [0, 0.05) is 12.6 Å². The zero-order valence-corrected chi connectivity index (χ0v) is 11.0. The van der Waals surface area contributed by atoms with Crippen LogP contribution in [0.3, 0.4) is 0 Å². The van der Waals surface area contributed by atoms with Gasteiger partial charge in [-0.3, -0.25) is 4.40 Å². The zero-order valence-electron chi connectivity index (χ0n) is 10.2. The van der Waals surface area contributed by atoms with E-state index in [2.05, 4.69) is 10.2 Å². The Kier molecular flexibility index (Phi) is 2.62. The van der Waals surface area contributed by atoms with Crippen molar-refractivity contribution < 1.29 is 8.42 Å². The summed E-state index contributed by atoms with van der Waals surface area (Å²) >= 11 is 0. The number of fused-ring (bicyclic) bond motifs is 1. The molecule has 0 amide bonds. The number of hydrogen-bond acceptors (Lipinski definition) is 4. The first-order valence-electron chi connectivity index (χ1n) is 6.09. The summed E-state index contributed by atoms with van der Waals surface area (Å²) in [6.45, 7) is 1.97. The summed E-state index contributed by atoms with van der Waals surface area (Å²) in [5.41, 5.74) is 1.86. The lowest BCUT2D eigenvalue weighted by atomic mass is 10.2. The van der Waals surface area contributed by atoms with Crippen LogP contribution in [0.15, 0.2) is 18.3 Å². The van der Waals surface area contributed by atoms with E-state index in [1.807, 2.05) is 29.7 Å². The fraction of sp³-hybridized carbons (Fsp3) is 0.500. The molecule has 5 nitrogen and oxygen atoms in total. The van der Waals surface area contributed by atoms with Crippen LogP contribution in [-0.4, -0.2) is 34.0 Å². The monoisotopic (exact) mass is 265 g/mol. The van der Waals surface area contributed by atoms with Crippen molar-refractivity contribution in [1.29, 1.82) is 0 Å². The Bertz CT molecular complexity index is 690. The van der Waals surface area contributed by atoms with Crippen molar-refractivity contribution in [3.8, 4) is 0 Å². The molecule has 0 aromatic carbocycles. The minimum atomic E-state index is -2.92. The molecule has 1 saturated heterocycles. The second-order valence-electron chi connectivity index (χ2n) is 4.84. The molecule has 1 fully saturated rings. The number of aryl methyl sites for hydroxylation is 1. The smallest absolute Gasteiger partial charge is 0.163 e. The number of nitrogens with zero attached hydrogens (tertiary/aromatic N) is 3. The maximum atomic E-state index is 11.8. The van der Waals surface area contributed by atoms with Crippen molar-refractivity contribution >= 4 is 15.5 Å². The molecular weight excluding hydrogens is 250 g/mol.